The van der Waals surface area contributed by atoms with Crippen LogP contribution >= 0.6 is 23.4 Å². The minimum atomic E-state index is -0.388. The number of H-pyrrole nitrogens is 1. The molecule has 0 spiro atoms. The number of fused-ring (bicyclic) bond motifs is 1. The molecule has 0 aliphatic heterocycles. The van der Waals surface area contributed by atoms with E-state index in [2.05, 4.69) is 15.0 Å². The molecule has 1 N–H and O–H groups in total. The third-order valence-electron chi connectivity index (χ3n) is 2.84. The maximum Gasteiger partial charge on any atom is 0.339 e. The van der Waals surface area contributed by atoms with Crippen molar-refractivity contribution < 1.29 is 9.53 Å². The summed E-state index contributed by atoms with van der Waals surface area (Å²) in [6, 6.07) is 9.00. The van der Waals surface area contributed by atoms with Crippen LogP contribution in [0.5, 0.6) is 0 Å². The van der Waals surface area contributed by atoms with Crippen LogP contribution < -0.4 is 0 Å². The van der Waals surface area contributed by atoms with Crippen LogP contribution in [-0.4, -0.2) is 28.0 Å². The van der Waals surface area contributed by atoms with Crippen LogP contribution in [0.4, 0.5) is 0 Å². The first-order valence-corrected chi connectivity index (χ1v) is 7.24. The molecule has 0 saturated heterocycles. The zero-order valence-electron chi connectivity index (χ0n) is 11.0. The highest BCUT2D eigenvalue weighted by molar-refractivity contribution is 7.99. The number of aromatic amines is 1. The number of esters is 1. The first-order valence-electron chi connectivity index (χ1n) is 6.05. The van der Waals surface area contributed by atoms with Gasteiger partial charge in [0.15, 0.2) is 0 Å². The number of aromatic nitrogens is 3. The minimum absolute atomic E-state index is 0.167. The lowest BCUT2D eigenvalue weighted by atomic mass is 10.2. The van der Waals surface area contributed by atoms with Gasteiger partial charge in [-0.1, -0.05) is 23.9 Å². The van der Waals surface area contributed by atoms with Gasteiger partial charge in [0.25, 0.3) is 0 Å². The van der Waals surface area contributed by atoms with Crippen molar-refractivity contribution in [3.8, 4) is 0 Å². The highest BCUT2D eigenvalue weighted by Gasteiger charge is 2.15. The smallest absolute Gasteiger partial charge is 0.339 e. The van der Waals surface area contributed by atoms with Crippen LogP contribution in [0.15, 0.2) is 46.5 Å². The van der Waals surface area contributed by atoms with Crippen LogP contribution in [0, 0.1) is 0 Å². The fraction of sp³-hybridized carbons (Fsp3) is 0.0714. The number of carbonyl (C=O) groups excluding carboxylic acids is 1. The van der Waals surface area contributed by atoms with Gasteiger partial charge >= 0.3 is 5.97 Å². The molecule has 0 amide bonds. The number of benzene rings is 1. The Balaban J connectivity index is 2.07. The second-order valence-corrected chi connectivity index (χ2v) is 5.49. The number of ether oxygens (including phenoxy) is 1. The number of hydrogen-bond donors (Lipinski definition) is 1. The summed E-state index contributed by atoms with van der Waals surface area (Å²) in [5.41, 5.74) is 2.00. The van der Waals surface area contributed by atoms with Crippen molar-refractivity contribution in [1.82, 2.24) is 15.0 Å². The van der Waals surface area contributed by atoms with Crippen molar-refractivity contribution in [1.29, 1.82) is 0 Å². The summed E-state index contributed by atoms with van der Waals surface area (Å²) in [5.74, 6) is -0.388. The Morgan fingerprint density at radius 3 is 2.90 bits per heavy atom. The predicted molar refractivity (Wildman–Crippen MR) is 80.8 cm³/mol. The Morgan fingerprint density at radius 2 is 2.10 bits per heavy atom. The fourth-order valence-electron chi connectivity index (χ4n) is 1.90. The number of methoxy groups -OCH3 is 1. The average Bonchev–Trinajstić information content (AvgIpc) is 2.95. The van der Waals surface area contributed by atoms with E-state index in [1.165, 1.54) is 18.9 Å². The number of rotatable bonds is 3. The van der Waals surface area contributed by atoms with Gasteiger partial charge in [0, 0.05) is 11.1 Å². The molecule has 3 rings (SSSR count). The summed E-state index contributed by atoms with van der Waals surface area (Å²) in [4.78, 5) is 24.0. The van der Waals surface area contributed by atoms with Gasteiger partial charge in [-0.3, -0.25) is 0 Å². The van der Waals surface area contributed by atoms with Crippen LogP contribution in [0.25, 0.3) is 11.0 Å². The van der Waals surface area contributed by atoms with E-state index in [-0.39, 0.29) is 11.3 Å². The number of hydrogen-bond acceptors (Lipinski definition) is 5. The molecule has 106 valence electrons. The molecular weight excluding hydrogens is 310 g/mol. The van der Waals surface area contributed by atoms with Crippen molar-refractivity contribution in [3.05, 3.63) is 47.4 Å². The van der Waals surface area contributed by atoms with Crippen LogP contribution in [0.2, 0.25) is 5.28 Å². The van der Waals surface area contributed by atoms with E-state index in [0.717, 1.165) is 15.9 Å². The van der Waals surface area contributed by atoms with Gasteiger partial charge in [-0.15, -0.1) is 0 Å². The second-order valence-electron chi connectivity index (χ2n) is 4.13. The van der Waals surface area contributed by atoms with Gasteiger partial charge in [0.2, 0.25) is 5.28 Å². The minimum Gasteiger partial charge on any atom is -0.465 e. The third-order valence-corrected chi connectivity index (χ3v) is 4.08. The molecule has 0 bridgehead atoms. The Bertz CT molecular complexity index is 819. The van der Waals surface area contributed by atoms with Crippen molar-refractivity contribution in [2.75, 3.05) is 7.11 Å². The molecule has 3 aromatic rings. The molecule has 2 aromatic heterocycles. The van der Waals surface area contributed by atoms with E-state index in [1.807, 2.05) is 18.2 Å². The fourth-order valence-corrected chi connectivity index (χ4v) is 3.14. The summed E-state index contributed by atoms with van der Waals surface area (Å²) < 4.78 is 4.79. The zero-order valence-corrected chi connectivity index (χ0v) is 12.5. The average molecular weight is 320 g/mol. The number of nitrogens with one attached hydrogen (secondary N) is 1. The highest BCUT2D eigenvalue weighted by Crippen LogP contribution is 2.33. The SMILES string of the molecule is COC(=O)c1ccccc1Sc1nc(Cl)nc2cc[nH]c12. The van der Waals surface area contributed by atoms with Crippen LogP contribution in [-0.2, 0) is 4.74 Å². The van der Waals surface area contributed by atoms with Crippen molar-refractivity contribution in [2.24, 2.45) is 0 Å². The molecule has 1 aromatic carbocycles. The van der Waals surface area contributed by atoms with Crippen LogP contribution in [0.1, 0.15) is 10.4 Å². The lowest BCUT2D eigenvalue weighted by molar-refractivity contribution is 0.0597. The number of halogens is 1. The molecule has 0 aliphatic carbocycles. The Kier molecular flexibility index (Phi) is 3.81. The molecule has 5 nitrogen and oxygen atoms in total. The van der Waals surface area contributed by atoms with E-state index < -0.39 is 0 Å². The van der Waals surface area contributed by atoms with Gasteiger partial charge in [-0.2, -0.15) is 0 Å². The number of carbonyl (C=O) groups is 1. The van der Waals surface area contributed by atoms with Gasteiger partial charge in [-0.05, 0) is 29.8 Å². The molecule has 21 heavy (non-hydrogen) atoms. The van der Waals surface area contributed by atoms with Gasteiger partial charge < -0.3 is 9.72 Å². The van der Waals surface area contributed by atoms with Gasteiger partial charge in [0.1, 0.15) is 5.03 Å². The molecule has 0 saturated carbocycles. The summed E-state index contributed by atoms with van der Waals surface area (Å²) in [5, 5.41) is 0.825. The lowest BCUT2D eigenvalue weighted by Crippen LogP contribution is -2.02. The highest BCUT2D eigenvalue weighted by atomic mass is 35.5. The quantitative estimate of drug-likeness (QED) is 0.454. The van der Waals surface area contributed by atoms with E-state index >= 15 is 0 Å². The molecule has 0 atom stereocenters. The van der Waals surface area contributed by atoms with Crippen molar-refractivity contribution in [3.63, 3.8) is 0 Å². The van der Waals surface area contributed by atoms with E-state index in [1.54, 1.807) is 18.3 Å². The predicted octanol–water partition coefficient (Wildman–Crippen LogP) is 3.55. The van der Waals surface area contributed by atoms with Crippen molar-refractivity contribution >= 4 is 40.4 Å². The summed E-state index contributed by atoms with van der Waals surface area (Å²) in [6.45, 7) is 0. The Morgan fingerprint density at radius 1 is 1.29 bits per heavy atom. The molecule has 0 unspecified atom stereocenters. The maximum atomic E-state index is 11.8. The molecule has 0 aliphatic rings. The van der Waals surface area contributed by atoms with Gasteiger partial charge in [0.05, 0.1) is 23.7 Å². The number of nitrogens with zero attached hydrogens (tertiary/aromatic N) is 2. The van der Waals surface area contributed by atoms with E-state index in [9.17, 15) is 4.79 Å². The Hall–Kier alpha value is -2.05. The van der Waals surface area contributed by atoms with E-state index in [0.29, 0.717) is 10.6 Å². The normalized spacial score (nSPS) is 10.8. The molecule has 0 fully saturated rings. The largest absolute Gasteiger partial charge is 0.465 e. The second kappa shape index (κ2) is 5.75. The summed E-state index contributed by atoms with van der Waals surface area (Å²) >= 11 is 7.27. The molecule has 0 radical (unpaired) electrons. The molecular formula is C14H10ClN3O2S. The summed E-state index contributed by atoms with van der Waals surface area (Å²) in [7, 11) is 1.36. The van der Waals surface area contributed by atoms with Gasteiger partial charge in [-0.25, -0.2) is 14.8 Å². The molecule has 2 heterocycles. The van der Waals surface area contributed by atoms with Crippen LogP contribution in [0.3, 0.4) is 0 Å². The van der Waals surface area contributed by atoms with Crippen molar-refractivity contribution in [2.45, 2.75) is 9.92 Å². The first-order chi connectivity index (χ1) is 10.2. The molecule has 7 heteroatoms. The Labute approximate surface area is 129 Å². The first kappa shape index (κ1) is 13.9. The monoisotopic (exact) mass is 319 g/mol. The lowest BCUT2D eigenvalue weighted by Gasteiger charge is -2.07. The third kappa shape index (κ3) is 2.72. The zero-order chi connectivity index (χ0) is 14.8. The maximum absolute atomic E-state index is 11.8. The summed E-state index contributed by atoms with van der Waals surface area (Å²) in [6.07, 6.45) is 1.77. The van der Waals surface area contributed by atoms with E-state index in [4.69, 9.17) is 16.3 Å². The standard InChI is InChI=1S/C14H10ClN3O2S/c1-20-13(19)8-4-2-3-5-10(8)21-12-11-9(6-7-16-11)17-14(15)18-12/h2-7,16H,1H3. The topological polar surface area (TPSA) is 67.9 Å².